The lowest BCUT2D eigenvalue weighted by Gasteiger charge is -2.09. The standard InChI is InChI=1S/C21H17N3O4/c1-14-4-2-3-5-18(14)27-13-20(25)22-16-8-6-15(7-9-16)21-23-17-12-24(26)11-10-19(17)28-21/h2-12H,13H2,1H3,(H-,22,23,25,26)/p+1. The quantitative estimate of drug-likeness (QED) is 0.412. The van der Waals surface area contributed by atoms with Gasteiger partial charge >= 0.3 is 0 Å². The van der Waals surface area contributed by atoms with Crippen molar-refractivity contribution in [2.45, 2.75) is 6.92 Å². The monoisotopic (exact) mass is 376 g/mol. The molecule has 7 nitrogen and oxygen atoms in total. The molecule has 0 unspecified atom stereocenters. The Hall–Kier alpha value is -3.87. The van der Waals surface area contributed by atoms with E-state index in [9.17, 15) is 10.0 Å². The number of nitrogens with one attached hydrogen (secondary N) is 1. The third-order valence-corrected chi connectivity index (χ3v) is 4.18. The van der Waals surface area contributed by atoms with Crippen LogP contribution in [0.15, 0.2) is 71.4 Å². The number of fused-ring (bicyclic) bond motifs is 1. The lowest BCUT2D eigenvalue weighted by molar-refractivity contribution is -0.904. The van der Waals surface area contributed by atoms with E-state index in [1.165, 1.54) is 12.4 Å². The highest BCUT2D eigenvalue weighted by molar-refractivity contribution is 5.92. The molecular formula is C21H18N3O4+. The summed E-state index contributed by atoms with van der Waals surface area (Å²) in [5, 5.41) is 12.2. The second-order valence-electron chi connectivity index (χ2n) is 6.27. The molecule has 0 saturated heterocycles. The van der Waals surface area contributed by atoms with Crippen LogP contribution in [0, 0.1) is 6.92 Å². The number of benzene rings is 2. The van der Waals surface area contributed by atoms with Gasteiger partial charge in [0.05, 0.1) is 6.07 Å². The van der Waals surface area contributed by atoms with Crippen molar-refractivity contribution in [2.75, 3.05) is 11.9 Å². The predicted molar refractivity (Wildman–Crippen MR) is 102 cm³/mol. The van der Waals surface area contributed by atoms with Crippen molar-refractivity contribution in [3.63, 3.8) is 0 Å². The van der Waals surface area contributed by atoms with Crippen molar-refractivity contribution in [2.24, 2.45) is 0 Å². The van der Waals surface area contributed by atoms with Gasteiger partial charge in [0, 0.05) is 16.0 Å². The van der Waals surface area contributed by atoms with Crippen LogP contribution in [0.1, 0.15) is 5.56 Å². The highest BCUT2D eigenvalue weighted by atomic mass is 16.5. The smallest absolute Gasteiger partial charge is 0.262 e. The maximum absolute atomic E-state index is 12.1. The number of hydrogen-bond acceptors (Lipinski definition) is 5. The van der Waals surface area contributed by atoms with E-state index in [4.69, 9.17) is 9.15 Å². The van der Waals surface area contributed by atoms with Crippen LogP contribution in [0.2, 0.25) is 0 Å². The molecule has 0 fully saturated rings. The third-order valence-electron chi connectivity index (χ3n) is 4.18. The lowest BCUT2D eigenvalue weighted by Crippen LogP contribution is -2.27. The molecule has 4 aromatic rings. The molecule has 0 aliphatic carbocycles. The Morgan fingerprint density at radius 2 is 1.96 bits per heavy atom. The topological polar surface area (TPSA) is 88.5 Å². The van der Waals surface area contributed by atoms with Gasteiger partial charge in [-0.15, -0.1) is 0 Å². The summed E-state index contributed by atoms with van der Waals surface area (Å²) in [5.74, 6) is 0.875. The first-order chi connectivity index (χ1) is 13.6. The van der Waals surface area contributed by atoms with E-state index in [1.54, 1.807) is 30.3 Å². The first-order valence-corrected chi connectivity index (χ1v) is 8.68. The molecule has 0 spiro atoms. The second kappa shape index (κ2) is 7.40. The fourth-order valence-electron chi connectivity index (χ4n) is 2.75. The zero-order valence-electron chi connectivity index (χ0n) is 15.1. The Labute approximate surface area is 160 Å². The summed E-state index contributed by atoms with van der Waals surface area (Å²) >= 11 is 0. The molecule has 1 amide bonds. The molecule has 2 heterocycles. The molecule has 140 valence electrons. The highest BCUT2D eigenvalue weighted by Crippen LogP contribution is 2.24. The van der Waals surface area contributed by atoms with Gasteiger partial charge in [0.15, 0.2) is 17.7 Å². The van der Waals surface area contributed by atoms with E-state index >= 15 is 0 Å². The average molecular weight is 376 g/mol. The molecule has 0 aliphatic heterocycles. The molecule has 7 heteroatoms. The number of pyridine rings is 1. The molecule has 2 N–H and O–H groups in total. The van der Waals surface area contributed by atoms with Crippen molar-refractivity contribution in [1.82, 2.24) is 4.98 Å². The molecular weight excluding hydrogens is 358 g/mol. The van der Waals surface area contributed by atoms with Crippen LogP contribution in [-0.4, -0.2) is 22.7 Å². The Bertz CT molecular complexity index is 1140. The second-order valence-corrected chi connectivity index (χ2v) is 6.27. The van der Waals surface area contributed by atoms with Crippen molar-refractivity contribution in [3.05, 3.63) is 72.6 Å². The van der Waals surface area contributed by atoms with Gasteiger partial charge in [-0.2, -0.15) is 0 Å². The Kier molecular flexibility index (Phi) is 4.63. The number of ether oxygens (including phenoxy) is 1. The number of carbonyl (C=O) groups excluding carboxylic acids is 1. The predicted octanol–water partition coefficient (Wildman–Crippen LogP) is 3.35. The van der Waals surface area contributed by atoms with Crippen LogP contribution in [0.25, 0.3) is 22.6 Å². The molecule has 0 radical (unpaired) electrons. The lowest BCUT2D eigenvalue weighted by atomic mass is 10.2. The van der Waals surface area contributed by atoms with Gasteiger partial charge in [-0.05, 0) is 42.8 Å². The molecule has 2 aromatic heterocycles. The number of rotatable bonds is 5. The van der Waals surface area contributed by atoms with Crippen molar-refractivity contribution in [3.8, 4) is 17.2 Å². The molecule has 0 bridgehead atoms. The van der Waals surface area contributed by atoms with Gasteiger partial charge in [0.2, 0.25) is 12.1 Å². The minimum Gasteiger partial charge on any atom is -0.483 e. The Morgan fingerprint density at radius 1 is 1.18 bits per heavy atom. The number of oxazole rings is 1. The summed E-state index contributed by atoms with van der Waals surface area (Å²) in [6.45, 7) is 1.86. The van der Waals surface area contributed by atoms with Gasteiger partial charge in [-0.3, -0.25) is 10.0 Å². The van der Waals surface area contributed by atoms with Crippen LogP contribution in [-0.2, 0) is 4.79 Å². The van der Waals surface area contributed by atoms with Gasteiger partial charge in [0.1, 0.15) is 5.75 Å². The summed E-state index contributed by atoms with van der Waals surface area (Å²) in [5.41, 5.74) is 3.50. The van der Waals surface area contributed by atoms with E-state index in [-0.39, 0.29) is 12.5 Å². The van der Waals surface area contributed by atoms with Crippen LogP contribution in [0.4, 0.5) is 5.69 Å². The van der Waals surface area contributed by atoms with Crippen molar-refractivity contribution >= 4 is 22.7 Å². The minimum absolute atomic E-state index is 0.0705. The zero-order valence-corrected chi connectivity index (χ0v) is 15.1. The van der Waals surface area contributed by atoms with Crippen LogP contribution in [0.3, 0.4) is 0 Å². The maximum atomic E-state index is 12.1. The minimum atomic E-state index is -0.245. The SMILES string of the molecule is Cc1ccccc1OCC(=O)Nc1ccc(-c2nc3c[n+](O)ccc3o2)cc1. The molecule has 4 rings (SSSR count). The normalized spacial score (nSPS) is 10.8. The molecule has 2 aromatic carbocycles. The summed E-state index contributed by atoms with van der Waals surface area (Å²) in [4.78, 5) is 16.5. The number of aryl methyl sites for hydroxylation is 1. The molecule has 28 heavy (non-hydrogen) atoms. The van der Waals surface area contributed by atoms with E-state index in [2.05, 4.69) is 10.3 Å². The number of para-hydroxylation sites is 1. The number of amides is 1. The van der Waals surface area contributed by atoms with E-state index < -0.39 is 0 Å². The number of hydrogen-bond donors (Lipinski definition) is 2. The van der Waals surface area contributed by atoms with E-state index in [0.717, 1.165) is 15.9 Å². The highest BCUT2D eigenvalue weighted by Gasteiger charge is 2.12. The van der Waals surface area contributed by atoms with Gasteiger partial charge in [-0.25, -0.2) is 4.98 Å². The van der Waals surface area contributed by atoms with Gasteiger partial charge < -0.3 is 14.5 Å². The number of nitrogens with zero attached hydrogens (tertiary/aromatic N) is 2. The van der Waals surface area contributed by atoms with Crippen molar-refractivity contribution in [1.29, 1.82) is 0 Å². The summed E-state index contributed by atoms with van der Waals surface area (Å²) in [6.07, 6.45) is 2.93. The first-order valence-electron chi connectivity index (χ1n) is 8.68. The zero-order chi connectivity index (χ0) is 19.5. The number of aromatic nitrogens is 2. The molecule has 0 saturated carbocycles. The van der Waals surface area contributed by atoms with Gasteiger partial charge in [-0.1, -0.05) is 18.2 Å². The molecule has 0 atom stereocenters. The van der Waals surface area contributed by atoms with E-state index in [1.807, 2.05) is 31.2 Å². The largest absolute Gasteiger partial charge is 0.483 e. The van der Waals surface area contributed by atoms with E-state index in [0.29, 0.717) is 28.4 Å². The number of anilines is 1. The van der Waals surface area contributed by atoms with Crippen LogP contribution < -0.4 is 14.8 Å². The maximum Gasteiger partial charge on any atom is 0.262 e. The third kappa shape index (κ3) is 3.78. The first kappa shape index (κ1) is 17.5. The average Bonchev–Trinajstić information content (AvgIpc) is 3.11. The van der Waals surface area contributed by atoms with Crippen LogP contribution in [0.5, 0.6) is 5.75 Å². The Morgan fingerprint density at radius 3 is 2.75 bits per heavy atom. The summed E-state index contributed by atoms with van der Waals surface area (Å²) in [7, 11) is 0. The van der Waals surface area contributed by atoms with Crippen molar-refractivity contribution < 1.29 is 23.9 Å². The fourth-order valence-corrected chi connectivity index (χ4v) is 2.75. The fraction of sp³-hybridized carbons (Fsp3) is 0.0952. The summed E-state index contributed by atoms with van der Waals surface area (Å²) in [6, 6.07) is 16.3. The molecule has 0 aliphatic rings. The summed E-state index contributed by atoms with van der Waals surface area (Å²) < 4.78 is 12.2. The van der Waals surface area contributed by atoms with Gasteiger partial charge in [0.25, 0.3) is 12.1 Å². The Balaban J connectivity index is 1.41. The van der Waals surface area contributed by atoms with Crippen LogP contribution >= 0.6 is 0 Å². The number of carbonyl (C=O) groups is 1.